The number of nitrogens with one attached hydrogen (secondary N) is 1. The second kappa shape index (κ2) is 6.11. The number of rotatable bonds is 2. The summed E-state index contributed by atoms with van der Waals surface area (Å²) in [6.45, 7) is 1.96. The molecule has 2 rings (SSSR count). The van der Waals surface area contributed by atoms with Crippen LogP contribution in [0.5, 0.6) is 0 Å². The molecule has 0 aliphatic rings. The van der Waals surface area contributed by atoms with Crippen molar-refractivity contribution in [3.8, 4) is 0 Å². The molecular formula is C13H10Br2ClN3O. The van der Waals surface area contributed by atoms with Gasteiger partial charge in [0.1, 0.15) is 5.82 Å². The van der Waals surface area contributed by atoms with Gasteiger partial charge in [-0.15, -0.1) is 0 Å². The summed E-state index contributed by atoms with van der Waals surface area (Å²) in [5.74, 6) is -0.120. The van der Waals surface area contributed by atoms with Crippen LogP contribution in [-0.2, 0) is 0 Å². The van der Waals surface area contributed by atoms with Gasteiger partial charge in [-0.25, -0.2) is 4.98 Å². The van der Waals surface area contributed by atoms with Crippen LogP contribution >= 0.6 is 43.5 Å². The van der Waals surface area contributed by atoms with Crippen LogP contribution in [0.1, 0.15) is 15.9 Å². The molecule has 4 nitrogen and oxygen atoms in total. The molecule has 0 bridgehead atoms. The van der Waals surface area contributed by atoms with Gasteiger partial charge in [0.15, 0.2) is 0 Å². The fraction of sp³-hybridized carbons (Fsp3) is 0.0769. The maximum atomic E-state index is 12.2. The Kier molecular flexibility index (Phi) is 4.67. The number of anilines is 2. The van der Waals surface area contributed by atoms with E-state index in [1.54, 1.807) is 0 Å². The van der Waals surface area contributed by atoms with E-state index in [0.29, 0.717) is 11.3 Å². The Hall–Kier alpha value is -1.11. The molecule has 3 N–H and O–H groups in total. The zero-order valence-corrected chi connectivity index (χ0v) is 14.3. The molecule has 0 spiro atoms. The fourth-order valence-corrected chi connectivity index (χ4v) is 3.36. The van der Waals surface area contributed by atoms with Gasteiger partial charge in [0.25, 0.3) is 5.91 Å². The van der Waals surface area contributed by atoms with Gasteiger partial charge in [0.05, 0.1) is 16.3 Å². The van der Waals surface area contributed by atoms with Crippen LogP contribution in [0.2, 0.25) is 5.02 Å². The Bertz CT molecular complexity index is 668. The summed E-state index contributed by atoms with van der Waals surface area (Å²) in [6.07, 6.45) is 1.38. The predicted molar refractivity (Wildman–Crippen MR) is 88.2 cm³/mol. The Morgan fingerprint density at radius 3 is 2.45 bits per heavy atom. The lowest BCUT2D eigenvalue weighted by molar-refractivity contribution is 0.102. The van der Waals surface area contributed by atoms with E-state index >= 15 is 0 Å². The topological polar surface area (TPSA) is 68.0 Å². The van der Waals surface area contributed by atoms with E-state index in [0.717, 1.165) is 14.5 Å². The molecule has 0 saturated heterocycles. The molecule has 1 amide bonds. The molecule has 0 radical (unpaired) electrons. The lowest BCUT2D eigenvalue weighted by Crippen LogP contribution is -2.13. The van der Waals surface area contributed by atoms with Crippen molar-refractivity contribution in [1.29, 1.82) is 0 Å². The van der Waals surface area contributed by atoms with Crippen LogP contribution in [0.15, 0.2) is 33.3 Å². The van der Waals surface area contributed by atoms with Crippen LogP contribution in [0.4, 0.5) is 11.5 Å². The standard InChI is InChI=1S/C13H10Br2ClN3O/c1-6-2-8(14)11(9(15)3-6)19-13(20)7-4-10(16)12(17)18-5-7/h2-5H,1H3,(H2,17,18)(H,19,20). The molecule has 1 heterocycles. The number of hydrogen-bond acceptors (Lipinski definition) is 3. The number of carbonyl (C=O) groups is 1. The smallest absolute Gasteiger partial charge is 0.257 e. The second-order valence-electron chi connectivity index (χ2n) is 4.15. The Labute approximate surface area is 138 Å². The highest BCUT2D eigenvalue weighted by Gasteiger charge is 2.13. The number of pyridine rings is 1. The highest BCUT2D eigenvalue weighted by molar-refractivity contribution is 9.11. The molecule has 1 aromatic heterocycles. The number of nitrogens with zero attached hydrogens (tertiary/aromatic N) is 1. The minimum atomic E-state index is -0.315. The van der Waals surface area contributed by atoms with Crippen molar-refractivity contribution >= 4 is 60.9 Å². The van der Waals surface area contributed by atoms with E-state index < -0.39 is 0 Å². The zero-order chi connectivity index (χ0) is 14.9. The quantitative estimate of drug-likeness (QED) is 0.758. The van der Waals surface area contributed by atoms with Gasteiger partial charge in [-0.3, -0.25) is 4.79 Å². The van der Waals surface area contributed by atoms with Crippen LogP contribution in [-0.4, -0.2) is 10.9 Å². The number of nitrogen functional groups attached to an aromatic ring is 1. The van der Waals surface area contributed by atoms with Crippen molar-refractivity contribution < 1.29 is 4.79 Å². The second-order valence-corrected chi connectivity index (χ2v) is 6.26. The Morgan fingerprint density at radius 2 is 1.90 bits per heavy atom. The summed E-state index contributed by atoms with van der Waals surface area (Å²) >= 11 is 12.7. The molecule has 7 heteroatoms. The molecule has 104 valence electrons. The summed E-state index contributed by atoms with van der Waals surface area (Å²) in [5.41, 5.74) is 7.57. The number of carbonyl (C=O) groups excluding carboxylic acids is 1. The monoisotopic (exact) mass is 417 g/mol. The maximum Gasteiger partial charge on any atom is 0.257 e. The summed E-state index contributed by atoms with van der Waals surface area (Å²) in [6, 6.07) is 5.30. The summed E-state index contributed by atoms with van der Waals surface area (Å²) in [5, 5.41) is 3.05. The average Bonchev–Trinajstić information content (AvgIpc) is 2.36. The normalized spacial score (nSPS) is 10.4. The van der Waals surface area contributed by atoms with Gasteiger partial charge in [-0.2, -0.15) is 0 Å². The van der Waals surface area contributed by atoms with Crippen LogP contribution in [0, 0.1) is 6.92 Å². The van der Waals surface area contributed by atoms with Crippen molar-refractivity contribution in [2.75, 3.05) is 11.1 Å². The van der Waals surface area contributed by atoms with Gasteiger partial charge in [0.2, 0.25) is 0 Å². The molecule has 0 aliphatic heterocycles. The first-order valence-corrected chi connectivity index (χ1v) is 7.53. The summed E-state index contributed by atoms with van der Waals surface area (Å²) < 4.78 is 1.57. The van der Waals surface area contributed by atoms with Crippen molar-refractivity contribution in [2.45, 2.75) is 6.92 Å². The summed E-state index contributed by atoms with van der Waals surface area (Å²) in [7, 11) is 0. The van der Waals surface area contributed by atoms with Crippen molar-refractivity contribution in [3.05, 3.63) is 49.5 Å². The first kappa shape index (κ1) is 15.3. The van der Waals surface area contributed by atoms with E-state index in [1.807, 2.05) is 19.1 Å². The van der Waals surface area contributed by atoms with E-state index in [1.165, 1.54) is 12.3 Å². The molecule has 0 fully saturated rings. The fourth-order valence-electron chi connectivity index (χ4n) is 1.58. The number of hydrogen-bond donors (Lipinski definition) is 2. The first-order valence-electron chi connectivity index (χ1n) is 5.56. The number of aromatic nitrogens is 1. The molecule has 0 atom stereocenters. The molecule has 0 aliphatic carbocycles. The van der Waals surface area contributed by atoms with Crippen molar-refractivity contribution in [2.24, 2.45) is 0 Å². The SMILES string of the molecule is Cc1cc(Br)c(NC(=O)c2cnc(N)c(Cl)c2)c(Br)c1. The Balaban J connectivity index is 2.30. The highest BCUT2D eigenvalue weighted by Crippen LogP contribution is 2.32. The van der Waals surface area contributed by atoms with Crippen molar-refractivity contribution in [3.63, 3.8) is 0 Å². The maximum absolute atomic E-state index is 12.2. The van der Waals surface area contributed by atoms with Gasteiger partial charge in [-0.1, -0.05) is 11.6 Å². The highest BCUT2D eigenvalue weighted by atomic mass is 79.9. The molecule has 0 unspecified atom stereocenters. The van der Waals surface area contributed by atoms with Crippen LogP contribution in [0.25, 0.3) is 0 Å². The van der Waals surface area contributed by atoms with Gasteiger partial charge < -0.3 is 11.1 Å². The lowest BCUT2D eigenvalue weighted by Gasteiger charge is -2.11. The molecule has 2 aromatic rings. The third-order valence-electron chi connectivity index (χ3n) is 2.56. The van der Waals surface area contributed by atoms with Crippen LogP contribution in [0.3, 0.4) is 0 Å². The van der Waals surface area contributed by atoms with E-state index in [2.05, 4.69) is 42.2 Å². The molecule has 20 heavy (non-hydrogen) atoms. The number of halogens is 3. The van der Waals surface area contributed by atoms with Crippen molar-refractivity contribution in [1.82, 2.24) is 4.98 Å². The number of nitrogens with two attached hydrogens (primary N) is 1. The van der Waals surface area contributed by atoms with E-state index in [4.69, 9.17) is 17.3 Å². The third kappa shape index (κ3) is 3.31. The number of amides is 1. The van der Waals surface area contributed by atoms with E-state index in [9.17, 15) is 4.79 Å². The first-order chi connectivity index (χ1) is 9.38. The Morgan fingerprint density at radius 1 is 1.30 bits per heavy atom. The minimum Gasteiger partial charge on any atom is -0.382 e. The van der Waals surface area contributed by atoms with Gasteiger partial charge in [-0.05, 0) is 62.5 Å². The number of benzene rings is 1. The van der Waals surface area contributed by atoms with Gasteiger partial charge in [0, 0.05) is 15.1 Å². The predicted octanol–water partition coefficient (Wildman–Crippen LogP) is 4.40. The minimum absolute atomic E-state index is 0.195. The van der Waals surface area contributed by atoms with Crippen LogP contribution < -0.4 is 11.1 Å². The number of aryl methyl sites for hydroxylation is 1. The molecule has 1 aromatic carbocycles. The third-order valence-corrected chi connectivity index (χ3v) is 4.11. The average molecular weight is 420 g/mol. The largest absolute Gasteiger partial charge is 0.382 e. The summed E-state index contributed by atoms with van der Waals surface area (Å²) in [4.78, 5) is 16.0. The van der Waals surface area contributed by atoms with Gasteiger partial charge >= 0.3 is 0 Å². The molecule has 0 saturated carbocycles. The van der Waals surface area contributed by atoms with E-state index in [-0.39, 0.29) is 16.7 Å². The lowest BCUT2D eigenvalue weighted by atomic mass is 10.2. The molecular weight excluding hydrogens is 409 g/mol. The zero-order valence-electron chi connectivity index (χ0n) is 10.4.